The maximum atomic E-state index is 12.1. The topological polar surface area (TPSA) is 80.6 Å². The van der Waals surface area contributed by atoms with Gasteiger partial charge in [0, 0.05) is 5.56 Å². The maximum absolute atomic E-state index is 12.1. The van der Waals surface area contributed by atoms with E-state index in [9.17, 15) is 9.59 Å². The quantitative estimate of drug-likeness (QED) is 0.845. The van der Waals surface area contributed by atoms with Crippen molar-refractivity contribution in [1.82, 2.24) is 10.9 Å². The van der Waals surface area contributed by atoms with Gasteiger partial charge < -0.3 is 9.15 Å². The van der Waals surface area contributed by atoms with Crippen LogP contribution >= 0.6 is 0 Å². The zero-order valence-electron chi connectivity index (χ0n) is 14.6. The fourth-order valence-corrected chi connectivity index (χ4v) is 2.52. The van der Waals surface area contributed by atoms with Crippen molar-refractivity contribution in [1.29, 1.82) is 0 Å². The zero-order valence-corrected chi connectivity index (χ0v) is 14.6. The molecule has 2 rings (SSSR count). The third-order valence-corrected chi connectivity index (χ3v) is 3.67. The second-order valence-corrected chi connectivity index (χ2v) is 5.83. The summed E-state index contributed by atoms with van der Waals surface area (Å²) in [5.74, 6) is 0.955. The van der Waals surface area contributed by atoms with E-state index in [4.69, 9.17) is 9.15 Å². The smallest absolute Gasteiger partial charge is 0.276 e. The highest BCUT2D eigenvalue weighted by molar-refractivity contribution is 5.97. The highest BCUT2D eigenvalue weighted by Crippen LogP contribution is 2.20. The molecule has 1 heterocycles. The molecular weight excluding hydrogens is 308 g/mol. The van der Waals surface area contributed by atoms with Crippen LogP contribution in [0, 0.1) is 34.6 Å². The Hall–Kier alpha value is -2.76. The van der Waals surface area contributed by atoms with E-state index in [1.54, 1.807) is 20.8 Å². The number of rotatable bonds is 4. The van der Waals surface area contributed by atoms with E-state index in [-0.39, 0.29) is 6.61 Å². The van der Waals surface area contributed by atoms with Gasteiger partial charge in [0.1, 0.15) is 17.3 Å². The number of nitrogens with one attached hydrogen (secondary N) is 2. The van der Waals surface area contributed by atoms with Gasteiger partial charge in [-0.1, -0.05) is 6.07 Å². The Labute approximate surface area is 141 Å². The summed E-state index contributed by atoms with van der Waals surface area (Å²) in [6, 6.07) is 5.71. The predicted octanol–water partition coefficient (Wildman–Crippen LogP) is 2.66. The second kappa shape index (κ2) is 7.21. The summed E-state index contributed by atoms with van der Waals surface area (Å²) in [6.45, 7) is 9.02. The SMILES string of the molecule is Cc1cc(C)cc(OCC(=O)NNC(=O)c2c(C)oc(C)c2C)c1. The Morgan fingerprint density at radius 3 is 2.12 bits per heavy atom. The van der Waals surface area contributed by atoms with Crippen molar-refractivity contribution in [3.63, 3.8) is 0 Å². The van der Waals surface area contributed by atoms with E-state index in [0.29, 0.717) is 22.8 Å². The van der Waals surface area contributed by atoms with Gasteiger partial charge in [-0.25, -0.2) is 0 Å². The summed E-state index contributed by atoms with van der Waals surface area (Å²) in [6.07, 6.45) is 0. The Morgan fingerprint density at radius 2 is 1.58 bits per heavy atom. The largest absolute Gasteiger partial charge is 0.484 e. The number of benzene rings is 1. The molecule has 0 bridgehead atoms. The van der Waals surface area contributed by atoms with Crippen LogP contribution in [0.5, 0.6) is 5.75 Å². The van der Waals surface area contributed by atoms with Gasteiger partial charge in [0.2, 0.25) is 0 Å². The molecular formula is C18H22N2O4. The minimum atomic E-state index is -0.446. The van der Waals surface area contributed by atoms with Gasteiger partial charge in [0.25, 0.3) is 11.8 Å². The average Bonchev–Trinajstić information content (AvgIpc) is 2.74. The number of hydrogen-bond donors (Lipinski definition) is 2. The van der Waals surface area contributed by atoms with Crippen molar-refractivity contribution in [2.75, 3.05) is 6.61 Å². The Morgan fingerprint density at radius 1 is 0.958 bits per heavy atom. The van der Waals surface area contributed by atoms with Crippen molar-refractivity contribution in [3.05, 3.63) is 52.0 Å². The van der Waals surface area contributed by atoms with Crippen molar-refractivity contribution in [2.24, 2.45) is 0 Å². The fraction of sp³-hybridized carbons (Fsp3) is 0.333. The lowest BCUT2D eigenvalue weighted by Crippen LogP contribution is -2.44. The lowest BCUT2D eigenvalue weighted by molar-refractivity contribution is -0.123. The number of furan rings is 1. The van der Waals surface area contributed by atoms with Crippen LogP contribution in [0.1, 0.15) is 38.6 Å². The first-order chi connectivity index (χ1) is 11.3. The number of ether oxygens (including phenoxy) is 1. The van der Waals surface area contributed by atoms with Crippen LogP contribution in [-0.2, 0) is 4.79 Å². The number of carbonyl (C=O) groups is 2. The predicted molar refractivity (Wildman–Crippen MR) is 89.9 cm³/mol. The summed E-state index contributed by atoms with van der Waals surface area (Å²) < 4.78 is 10.8. The maximum Gasteiger partial charge on any atom is 0.276 e. The number of carbonyl (C=O) groups excluding carboxylic acids is 2. The molecule has 0 saturated heterocycles. The van der Waals surface area contributed by atoms with E-state index >= 15 is 0 Å². The van der Waals surface area contributed by atoms with Gasteiger partial charge in [-0.15, -0.1) is 0 Å². The van der Waals surface area contributed by atoms with Gasteiger partial charge in [0.15, 0.2) is 6.61 Å². The van der Waals surface area contributed by atoms with Crippen LogP contribution < -0.4 is 15.6 Å². The lowest BCUT2D eigenvalue weighted by atomic mass is 10.1. The molecule has 1 aromatic heterocycles. The van der Waals surface area contributed by atoms with Crippen LogP contribution in [0.4, 0.5) is 0 Å². The number of amides is 2. The lowest BCUT2D eigenvalue weighted by Gasteiger charge is -2.10. The highest BCUT2D eigenvalue weighted by atomic mass is 16.5. The molecule has 0 aliphatic carbocycles. The summed E-state index contributed by atoms with van der Waals surface area (Å²) >= 11 is 0. The van der Waals surface area contributed by atoms with Crippen LogP contribution in [0.25, 0.3) is 0 Å². The van der Waals surface area contributed by atoms with Crippen LogP contribution in [-0.4, -0.2) is 18.4 Å². The molecule has 0 fully saturated rings. The highest BCUT2D eigenvalue weighted by Gasteiger charge is 2.18. The first-order valence-corrected chi connectivity index (χ1v) is 7.64. The molecule has 0 aliphatic rings. The third-order valence-electron chi connectivity index (χ3n) is 3.67. The van der Waals surface area contributed by atoms with Crippen molar-refractivity contribution in [3.8, 4) is 5.75 Å². The fourth-order valence-electron chi connectivity index (χ4n) is 2.52. The molecule has 6 nitrogen and oxygen atoms in total. The molecule has 0 aliphatic heterocycles. The van der Waals surface area contributed by atoms with Crippen molar-refractivity contribution >= 4 is 11.8 Å². The second-order valence-electron chi connectivity index (χ2n) is 5.83. The summed E-state index contributed by atoms with van der Waals surface area (Å²) in [5, 5.41) is 0. The number of hydrazine groups is 1. The van der Waals surface area contributed by atoms with Crippen molar-refractivity contribution < 1.29 is 18.7 Å². The van der Waals surface area contributed by atoms with Crippen LogP contribution in [0.3, 0.4) is 0 Å². The van der Waals surface area contributed by atoms with Gasteiger partial charge in [-0.3, -0.25) is 20.4 Å². The third kappa shape index (κ3) is 4.16. The Kier molecular flexibility index (Phi) is 5.28. The van der Waals surface area contributed by atoms with Crippen LogP contribution in [0.2, 0.25) is 0 Å². The molecule has 2 amide bonds. The Bertz CT molecular complexity index is 757. The molecule has 24 heavy (non-hydrogen) atoms. The van der Waals surface area contributed by atoms with Gasteiger partial charge in [-0.2, -0.15) is 0 Å². The molecule has 2 aromatic rings. The molecule has 0 radical (unpaired) electrons. The molecule has 128 valence electrons. The minimum Gasteiger partial charge on any atom is -0.484 e. The van der Waals surface area contributed by atoms with Crippen molar-refractivity contribution in [2.45, 2.75) is 34.6 Å². The summed E-state index contributed by atoms with van der Waals surface area (Å²) in [5.41, 5.74) is 8.01. The van der Waals surface area contributed by atoms with E-state index in [1.807, 2.05) is 32.0 Å². The monoisotopic (exact) mass is 330 g/mol. The first-order valence-electron chi connectivity index (χ1n) is 7.64. The molecule has 0 spiro atoms. The number of aryl methyl sites for hydroxylation is 4. The minimum absolute atomic E-state index is 0.189. The van der Waals surface area contributed by atoms with E-state index in [0.717, 1.165) is 16.7 Å². The van der Waals surface area contributed by atoms with Crippen LogP contribution in [0.15, 0.2) is 22.6 Å². The molecule has 0 atom stereocenters. The first kappa shape index (κ1) is 17.6. The Balaban J connectivity index is 1.88. The van der Waals surface area contributed by atoms with E-state index < -0.39 is 11.8 Å². The zero-order chi connectivity index (χ0) is 17.9. The van der Waals surface area contributed by atoms with Gasteiger partial charge in [-0.05, 0) is 57.9 Å². The van der Waals surface area contributed by atoms with E-state index in [2.05, 4.69) is 10.9 Å². The molecule has 2 N–H and O–H groups in total. The normalized spacial score (nSPS) is 10.4. The summed E-state index contributed by atoms with van der Waals surface area (Å²) in [4.78, 5) is 24.0. The van der Waals surface area contributed by atoms with Gasteiger partial charge >= 0.3 is 0 Å². The standard InChI is InChI=1S/C18H22N2O4/c1-10-6-11(2)8-15(7-10)23-9-16(21)19-20-18(22)17-12(3)13(4)24-14(17)5/h6-8H,9H2,1-5H3,(H,19,21)(H,20,22). The number of hydrogen-bond acceptors (Lipinski definition) is 4. The van der Waals surface area contributed by atoms with Gasteiger partial charge in [0.05, 0.1) is 5.56 Å². The van der Waals surface area contributed by atoms with E-state index in [1.165, 1.54) is 0 Å². The summed E-state index contributed by atoms with van der Waals surface area (Å²) in [7, 11) is 0. The molecule has 0 unspecified atom stereocenters. The molecule has 6 heteroatoms. The average molecular weight is 330 g/mol. The molecule has 0 saturated carbocycles. The molecule has 1 aromatic carbocycles.